The van der Waals surface area contributed by atoms with Gasteiger partial charge in [-0.3, -0.25) is 9.59 Å². The van der Waals surface area contributed by atoms with Crippen LogP contribution in [0.2, 0.25) is 0 Å². The van der Waals surface area contributed by atoms with Crippen LogP contribution in [0.1, 0.15) is 53.4 Å². The van der Waals surface area contributed by atoms with E-state index in [1.165, 1.54) is 22.9 Å². The number of fused-ring (bicyclic) bond motifs is 1. The topological polar surface area (TPSA) is 80.4 Å². The number of anilines is 1. The number of carboxylic acids is 1. The van der Waals surface area contributed by atoms with E-state index in [0.717, 1.165) is 40.8 Å². The molecule has 0 bridgehead atoms. The van der Waals surface area contributed by atoms with Gasteiger partial charge in [-0.05, 0) is 78.4 Å². The maximum Gasteiger partial charge on any atom is 0.416 e. The van der Waals surface area contributed by atoms with Crippen molar-refractivity contribution in [3.05, 3.63) is 113 Å². The summed E-state index contributed by atoms with van der Waals surface area (Å²) in [5.74, 6) is -1.00. The van der Waals surface area contributed by atoms with Gasteiger partial charge in [-0.1, -0.05) is 74.5 Å². The third-order valence-corrected chi connectivity index (χ3v) is 6.18. The summed E-state index contributed by atoms with van der Waals surface area (Å²) in [4.78, 5) is 21.9. The monoisotopic (exact) mass is 537 g/mol. The highest BCUT2D eigenvalue weighted by atomic mass is 19.4. The van der Waals surface area contributed by atoms with Gasteiger partial charge in [-0.15, -0.1) is 0 Å². The number of ketones is 1. The molecule has 1 atom stereocenters. The molecule has 206 valence electrons. The number of nitrogens with two attached hydrogens (primary N) is 1. The summed E-state index contributed by atoms with van der Waals surface area (Å²) in [6.07, 6.45) is -2.93. The third kappa shape index (κ3) is 9.60. The number of alkyl halides is 3. The van der Waals surface area contributed by atoms with Crippen LogP contribution in [0.15, 0.2) is 84.9 Å². The van der Waals surface area contributed by atoms with Gasteiger partial charge in [0.2, 0.25) is 0 Å². The summed E-state index contributed by atoms with van der Waals surface area (Å²) in [5, 5.41) is 11.0. The number of hydrogen-bond donors (Lipinski definition) is 2. The van der Waals surface area contributed by atoms with E-state index in [1.807, 2.05) is 50.2 Å². The summed E-state index contributed by atoms with van der Waals surface area (Å²) in [5.41, 5.74) is 9.44. The molecule has 0 heterocycles. The number of carbonyl (C=O) groups is 2. The zero-order valence-electron chi connectivity index (χ0n) is 22.5. The Bertz CT molecular complexity index is 1400. The fourth-order valence-corrected chi connectivity index (χ4v) is 3.90. The molecule has 7 heteroatoms. The maximum atomic E-state index is 12.0. The van der Waals surface area contributed by atoms with Crippen LogP contribution >= 0.6 is 0 Å². The summed E-state index contributed by atoms with van der Waals surface area (Å²) in [6, 6.07) is 24.6. The lowest BCUT2D eigenvalue weighted by Crippen LogP contribution is -2.12. The van der Waals surface area contributed by atoms with E-state index in [1.54, 1.807) is 26.0 Å². The molecule has 0 saturated carbocycles. The number of aryl methyl sites for hydroxylation is 2. The van der Waals surface area contributed by atoms with E-state index in [4.69, 9.17) is 10.8 Å². The van der Waals surface area contributed by atoms with Crippen molar-refractivity contribution in [3.63, 3.8) is 0 Å². The number of rotatable bonds is 5. The van der Waals surface area contributed by atoms with Crippen LogP contribution in [0, 0.1) is 12.8 Å². The first kappa shape index (κ1) is 31.1. The maximum absolute atomic E-state index is 12.0. The number of Topliss-reactive ketones (excluding diaryl/α,β-unsaturated/α-hetero) is 1. The van der Waals surface area contributed by atoms with Crippen LogP contribution in [0.25, 0.3) is 10.8 Å². The third-order valence-electron chi connectivity index (χ3n) is 6.18. The predicted molar refractivity (Wildman–Crippen MR) is 151 cm³/mol. The highest BCUT2D eigenvalue weighted by molar-refractivity contribution is 6.01. The smallest absolute Gasteiger partial charge is 0.416 e. The standard InChI is InChI=1S/C13H12O.C10H13NO2.C9H9F3/c1-9-12(10(2)14)8-7-11-5-3-4-6-13(9)11;1-7(10(12)13)5-8-3-2-4-9(11)6-8;1-2-7-3-5-8(6-4-7)9(10,11)12/h3-8H,1-2H3;2-4,6-7H,5,11H2,1H3,(H,12,13);3-6H,2H2,1H3. The van der Waals surface area contributed by atoms with Gasteiger partial charge in [0.15, 0.2) is 5.78 Å². The normalized spacial score (nSPS) is 11.5. The lowest BCUT2D eigenvalue weighted by Gasteiger charge is -2.06. The second kappa shape index (κ2) is 14.1. The average molecular weight is 538 g/mol. The number of carboxylic acid groups (broad SMARTS) is 1. The molecule has 1 unspecified atom stereocenters. The molecule has 0 saturated heterocycles. The van der Waals surface area contributed by atoms with Gasteiger partial charge in [0.1, 0.15) is 0 Å². The Balaban J connectivity index is 0.000000206. The van der Waals surface area contributed by atoms with Crippen LogP contribution in [0.5, 0.6) is 0 Å². The Hall–Kier alpha value is -4.13. The highest BCUT2D eigenvalue weighted by Crippen LogP contribution is 2.29. The summed E-state index contributed by atoms with van der Waals surface area (Å²) < 4.78 is 36.1. The van der Waals surface area contributed by atoms with E-state index in [2.05, 4.69) is 12.1 Å². The number of carbonyl (C=O) groups excluding carboxylic acids is 1. The van der Waals surface area contributed by atoms with E-state index < -0.39 is 17.7 Å². The molecule has 0 radical (unpaired) electrons. The number of halogens is 3. The van der Waals surface area contributed by atoms with Crippen LogP contribution in [0.4, 0.5) is 18.9 Å². The van der Waals surface area contributed by atoms with Crippen molar-refractivity contribution in [2.75, 3.05) is 5.73 Å². The van der Waals surface area contributed by atoms with E-state index in [9.17, 15) is 22.8 Å². The summed E-state index contributed by atoms with van der Waals surface area (Å²) >= 11 is 0. The molecule has 39 heavy (non-hydrogen) atoms. The van der Waals surface area contributed by atoms with Crippen molar-refractivity contribution < 1.29 is 27.9 Å². The molecule has 0 amide bonds. The van der Waals surface area contributed by atoms with Crippen molar-refractivity contribution in [1.29, 1.82) is 0 Å². The first-order valence-corrected chi connectivity index (χ1v) is 12.6. The van der Waals surface area contributed by atoms with Crippen molar-refractivity contribution in [3.8, 4) is 0 Å². The summed E-state index contributed by atoms with van der Waals surface area (Å²) in [6.45, 7) is 7.20. The van der Waals surface area contributed by atoms with Gasteiger partial charge >= 0.3 is 12.1 Å². The van der Waals surface area contributed by atoms with Crippen molar-refractivity contribution in [2.45, 2.75) is 46.7 Å². The lowest BCUT2D eigenvalue weighted by molar-refractivity contribution is -0.141. The number of benzene rings is 4. The van der Waals surface area contributed by atoms with Gasteiger partial charge in [-0.2, -0.15) is 13.2 Å². The van der Waals surface area contributed by atoms with E-state index in [-0.39, 0.29) is 11.7 Å². The molecular weight excluding hydrogens is 503 g/mol. The van der Waals surface area contributed by atoms with Crippen LogP contribution < -0.4 is 5.73 Å². The highest BCUT2D eigenvalue weighted by Gasteiger charge is 2.29. The quantitative estimate of drug-likeness (QED) is 0.199. The Morgan fingerprint density at radius 2 is 1.54 bits per heavy atom. The second-order valence-corrected chi connectivity index (χ2v) is 9.25. The van der Waals surface area contributed by atoms with E-state index >= 15 is 0 Å². The number of aliphatic carboxylic acids is 1. The van der Waals surface area contributed by atoms with Crippen molar-refractivity contribution in [2.24, 2.45) is 5.92 Å². The average Bonchev–Trinajstić information content (AvgIpc) is 2.89. The van der Waals surface area contributed by atoms with Gasteiger partial charge in [0, 0.05) is 11.3 Å². The Morgan fingerprint density at radius 3 is 2.08 bits per heavy atom. The molecule has 4 aromatic carbocycles. The van der Waals surface area contributed by atoms with Crippen LogP contribution in [-0.2, 0) is 23.8 Å². The molecule has 0 aliphatic heterocycles. The minimum Gasteiger partial charge on any atom is -0.481 e. The largest absolute Gasteiger partial charge is 0.481 e. The Kier molecular flexibility index (Phi) is 11.3. The van der Waals surface area contributed by atoms with Gasteiger partial charge < -0.3 is 10.8 Å². The molecule has 4 nitrogen and oxygen atoms in total. The minimum atomic E-state index is -4.22. The zero-order chi connectivity index (χ0) is 29.2. The molecule has 0 aliphatic rings. The Labute approximate surface area is 227 Å². The molecular formula is C32H34F3NO3. The van der Waals surface area contributed by atoms with Crippen LogP contribution in [0.3, 0.4) is 0 Å². The molecule has 3 N–H and O–H groups in total. The van der Waals surface area contributed by atoms with Crippen molar-refractivity contribution >= 4 is 28.2 Å². The Morgan fingerprint density at radius 1 is 0.897 bits per heavy atom. The SMILES string of the molecule is CC(=O)c1ccc2ccccc2c1C.CC(Cc1cccc(N)c1)C(=O)O.CCc1ccc(C(F)(F)F)cc1. The molecule has 4 aromatic rings. The second-order valence-electron chi connectivity index (χ2n) is 9.25. The predicted octanol–water partition coefficient (Wildman–Crippen LogP) is 8.15. The minimum absolute atomic E-state index is 0.133. The number of nitrogen functional groups attached to an aromatic ring is 1. The molecule has 0 fully saturated rings. The summed E-state index contributed by atoms with van der Waals surface area (Å²) in [7, 11) is 0. The van der Waals surface area contributed by atoms with Gasteiger partial charge in [-0.25, -0.2) is 0 Å². The zero-order valence-corrected chi connectivity index (χ0v) is 22.5. The van der Waals surface area contributed by atoms with Gasteiger partial charge in [0.25, 0.3) is 0 Å². The fourth-order valence-electron chi connectivity index (χ4n) is 3.90. The first-order valence-electron chi connectivity index (χ1n) is 12.6. The first-order chi connectivity index (χ1) is 18.3. The molecule has 0 aromatic heterocycles. The fraction of sp³-hybridized carbons (Fsp3) is 0.250. The van der Waals surface area contributed by atoms with Gasteiger partial charge in [0.05, 0.1) is 11.5 Å². The number of hydrogen-bond acceptors (Lipinski definition) is 3. The van der Waals surface area contributed by atoms with Crippen molar-refractivity contribution in [1.82, 2.24) is 0 Å². The molecule has 0 spiro atoms. The molecule has 4 rings (SSSR count). The van der Waals surface area contributed by atoms with Crippen LogP contribution in [-0.4, -0.2) is 16.9 Å². The lowest BCUT2D eigenvalue weighted by atomic mass is 9.98. The molecule has 0 aliphatic carbocycles. The van der Waals surface area contributed by atoms with E-state index in [0.29, 0.717) is 12.1 Å².